The van der Waals surface area contributed by atoms with Crippen molar-refractivity contribution in [3.8, 4) is 0 Å². The molecule has 2 aliphatic rings. The first kappa shape index (κ1) is 16.4. The number of piperidine rings is 1. The predicted octanol–water partition coefficient (Wildman–Crippen LogP) is -0.306. The van der Waals surface area contributed by atoms with Gasteiger partial charge in [-0.2, -0.15) is 4.98 Å². The van der Waals surface area contributed by atoms with Crippen molar-refractivity contribution < 1.29 is 18.9 Å². The third-order valence-electron chi connectivity index (χ3n) is 4.42. The number of nitrogens with zero attached hydrogens (tertiary/aromatic N) is 3. The number of aromatic nitrogens is 2. The molecule has 0 atom stereocenters. The number of amides is 3. The molecule has 130 valence electrons. The normalized spacial score (nSPS) is 18.3. The minimum atomic E-state index is -0.441. The van der Waals surface area contributed by atoms with Crippen LogP contribution in [0.4, 0.5) is 0 Å². The van der Waals surface area contributed by atoms with Crippen molar-refractivity contribution in [1.29, 1.82) is 0 Å². The third kappa shape index (κ3) is 3.72. The van der Waals surface area contributed by atoms with Gasteiger partial charge in [-0.15, -0.1) is 0 Å². The molecule has 2 heterocycles. The van der Waals surface area contributed by atoms with Crippen molar-refractivity contribution in [1.82, 2.24) is 25.7 Å². The van der Waals surface area contributed by atoms with Crippen LogP contribution in [-0.2, 0) is 16.1 Å². The Hall–Kier alpha value is -2.45. The molecule has 1 aliphatic carbocycles. The summed E-state index contributed by atoms with van der Waals surface area (Å²) in [6.45, 7) is 1.35. The van der Waals surface area contributed by atoms with Crippen LogP contribution in [0.5, 0.6) is 0 Å². The monoisotopic (exact) mass is 335 g/mol. The maximum atomic E-state index is 12.2. The zero-order chi connectivity index (χ0) is 17.1. The molecule has 0 unspecified atom stereocenters. The van der Waals surface area contributed by atoms with Crippen LogP contribution in [-0.4, -0.2) is 52.9 Å². The van der Waals surface area contributed by atoms with Crippen LogP contribution in [0.3, 0.4) is 0 Å². The van der Waals surface area contributed by atoms with Gasteiger partial charge in [0.15, 0.2) is 0 Å². The smallest absolute Gasteiger partial charge is 0.292 e. The fourth-order valence-electron chi connectivity index (χ4n) is 2.79. The Morgan fingerprint density at radius 2 is 1.88 bits per heavy atom. The van der Waals surface area contributed by atoms with Crippen LogP contribution in [0.1, 0.15) is 42.2 Å². The molecule has 2 N–H and O–H groups in total. The lowest BCUT2D eigenvalue weighted by molar-refractivity contribution is -0.136. The van der Waals surface area contributed by atoms with Crippen molar-refractivity contribution in [2.45, 2.75) is 32.2 Å². The highest BCUT2D eigenvalue weighted by molar-refractivity contribution is 5.89. The second-order valence-corrected chi connectivity index (χ2v) is 6.18. The Morgan fingerprint density at radius 3 is 2.50 bits per heavy atom. The summed E-state index contributed by atoms with van der Waals surface area (Å²) < 4.78 is 4.92. The van der Waals surface area contributed by atoms with Gasteiger partial charge in [-0.1, -0.05) is 5.16 Å². The highest BCUT2D eigenvalue weighted by atomic mass is 16.5. The molecule has 9 nitrogen and oxygen atoms in total. The van der Waals surface area contributed by atoms with Gasteiger partial charge in [0, 0.05) is 32.0 Å². The molecule has 9 heteroatoms. The molecule has 1 aliphatic heterocycles. The summed E-state index contributed by atoms with van der Waals surface area (Å²) >= 11 is 0. The van der Waals surface area contributed by atoms with E-state index < -0.39 is 5.91 Å². The van der Waals surface area contributed by atoms with Gasteiger partial charge in [0.2, 0.25) is 17.7 Å². The first-order valence-corrected chi connectivity index (χ1v) is 8.19. The second kappa shape index (κ2) is 6.98. The van der Waals surface area contributed by atoms with Crippen molar-refractivity contribution in [2.24, 2.45) is 11.8 Å². The predicted molar refractivity (Wildman–Crippen MR) is 81.6 cm³/mol. The topological polar surface area (TPSA) is 117 Å². The van der Waals surface area contributed by atoms with E-state index in [-0.39, 0.29) is 41.9 Å². The fourth-order valence-corrected chi connectivity index (χ4v) is 2.79. The summed E-state index contributed by atoms with van der Waals surface area (Å²) in [7, 11) is 1.47. The number of rotatable bonds is 5. The van der Waals surface area contributed by atoms with Crippen LogP contribution in [0, 0.1) is 11.8 Å². The fraction of sp³-hybridized carbons (Fsp3) is 0.667. The van der Waals surface area contributed by atoms with Crippen molar-refractivity contribution in [2.75, 3.05) is 20.1 Å². The van der Waals surface area contributed by atoms with E-state index in [2.05, 4.69) is 20.8 Å². The summed E-state index contributed by atoms with van der Waals surface area (Å²) in [4.78, 5) is 41.3. The molecule has 3 amide bonds. The van der Waals surface area contributed by atoms with Gasteiger partial charge in [0.25, 0.3) is 11.7 Å². The average molecular weight is 335 g/mol. The van der Waals surface area contributed by atoms with E-state index in [1.165, 1.54) is 7.05 Å². The molecule has 1 aromatic rings. The van der Waals surface area contributed by atoms with E-state index in [0.717, 1.165) is 12.8 Å². The minimum Gasteiger partial charge on any atom is -0.352 e. The minimum absolute atomic E-state index is 0.0614. The van der Waals surface area contributed by atoms with Gasteiger partial charge in [0.05, 0.1) is 6.54 Å². The van der Waals surface area contributed by atoms with Gasteiger partial charge in [-0.05, 0) is 25.7 Å². The molecule has 1 saturated heterocycles. The Labute approximate surface area is 139 Å². The summed E-state index contributed by atoms with van der Waals surface area (Å²) in [5.41, 5.74) is 0. The van der Waals surface area contributed by atoms with Crippen molar-refractivity contribution >= 4 is 17.7 Å². The second-order valence-electron chi connectivity index (χ2n) is 6.18. The Balaban J connectivity index is 1.43. The van der Waals surface area contributed by atoms with E-state index in [4.69, 9.17) is 4.52 Å². The number of hydrogen-bond acceptors (Lipinski definition) is 6. The van der Waals surface area contributed by atoms with Gasteiger partial charge in [-0.3, -0.25) is 14.4 Å². The maximum absolute atomic E-state index is 12.2. The highest BCUT2D eigenvalue weighted by Gasteiger charge is 2.35. The standard InChI is InChI=1S/C15H21N5O4/c1-16-14(22)12-18-11(24-19-12)8-17-13(21)9-4-6-20(7-5-9)15(23)10-2-3-10/h9-10H,2-8H2,1H3,(H,16,22)(H,17,21). The van der Waals surface area contributed by atoms with Crippen molar-refractivity contribution in [3.05, 3.63) is 11.7 Å². The number of carbonyl (C=O) groups excluding carboxylic acids is 3. The van der Waals surface area contributed by atoms with E-state index in [1.54, 1.807) is 0 Å². The lowest BCUT2D eigenvalue weighted by atomic mass is 9.95. The molecule has 3 rings (SSSR count). The lowest BCUT2D eigenvalue weighted by Crippen LogP contribution is -2.43. The molecule has 2 fully saturated rings. The van der Waals surface area contributed by atoms with Gasteiger partial charge >= 0.3 is 0 Å². The quantitative estimate of drug-likeness (QED) is 0.762. The first-order valence-electron chi connectivity index (χ1n) is 8.19. The summed E-state index contributed by atoms with van der Waals surface area (Å²) in [5.74, 6) is -0.0624. The SMILES string of the molecule is CNC(=O)c1noc(CNC(=O)C2CCN(C(=O)C3CC3)CC2)n1. The first-order chi connectivity index (χ1) is 11.6. The zero-order valence-electron chi connectivity index (χ0n) is 13.6. The Morgan fingerprint density at radius 1 is 1.17 bits per heavy atom. The van der Waals surface area contributed by atoms with Gasteiger partial charge in [-0.25, -0.2) is 0 Å². The number of likely N-dealkylation sites (tertiary alicyclic amines) is 1. The van der Waals surface area contributed by atoms with Gasteiger partial charge in [0.1, 0.15) is 0 Å². The number of hydrogen-bond donors (Lipinski definition) is 2. The Kier molecular flexibility index (Phi) is 4.77. The molecule has 1 saturated carbocycles. The van der Waals surface area contributed by atoms with Crippen LogP contribution < -0.4 is 10.6 Å². The molecule has 0 radical (unpaired) electrons. The lowest BCUT2D eigenvalue weighted by Gasteiger charge is -2.31. The molecule has 1 aromatic heterocycles. The van der Waals surface area contributed by atoms with E-state index >= 15 is 0 Å². The van der Waals surface area contributed by atoms with Crippen LogP contribution in [0.25, 0.3) is 0 Å². The summed E-state index contributed by atoms with van der Waals surface area (Å²) in [6.07, 6.45) is 3.33. The Bertz CT molecular complexity index is 632. The number of carbonyl (C=O) groups is 3. The highest BCUT2D eigenvalue weighted by Crippen LogP contribution is 2.32. The van der Waals surface area contributed by atoms with E-state index in [0.29, 0.717) is 25.9 Å². The van der Waals surface area contributed by atoms with Crippen LogP contribution in [0.15, 0.2) is 4.52 Å². The largest absolute Gasteiger partial charge is 0.352 e. The summed E-state index contributed by atoms with van der Waals surface area (Å²) in [5, 5.41) is 8.68. The van der Waals surface area contributed by atoms with Crippen molar-refractivity contribution in [3.63, 3.8) is 0 Å². The molecule has 0 aromatic carbocycles. The summed E-state index contributed by atoms with van der Waals surface area (Å²) in [6, 6.07) is 0. The van der Waals surface area contributed by atoms with Gasteiger partial charge < -0.3 is 20.1 Å². The molecule has 0 bridgehead atoms. The zero-order valence-corrected chi connectivity index (χ0v) is 13.6. The van der Waals surface area contributed by atoms with E-state index in [9.17, 15) is 14.4 Å². The number of nitrogens with one attached hydrogen (secondary N) is 2. The average Bonchev–Trinajstić information content (AvgIpc) is 3.36. The molecule has 0 spiro atoms. The van der Waals surface area contributed by atoms with Crippen LogP contribution in [0.2, 0.25) is 0 Å². The molecule has 24 heavy (non-hydrogen) atoms. The third-order valence-corrected chi connectivity index (χ3v) is 4.42. The van der Waals surface area contributed by atoms with Crippen LogP contribution >= 0.6 is 0 Å². The van der Waals surface area contributed by atoms with E-state index in [1.807, 2.05) is 4.90 Å². The molecular weight excluding hydrogens is 314 g/mol. The molecular formula is C15H21N5O4. The maximum Gasteiger partial charge on any atom is 0.292 e.